The second-order valence-corrected chi connectivity index (χ2v) is 3.81. The Labute approximate surface area is 86.4 Å². The summed E-state index contributed by atoms with van der Waals surface area (Å²) < 4.78 is 5.09. The van der Waals surface area contributed by atoms with E-state index < -0.39 is 0 Å². The van der Waals surface area contributed by atoms with Crippen molar-refractivity contribution < 1.29 is 4.74 Å². The van der Waals surface area contributed by atoms with Crippen LogP contribution in [0.25, 0.3) is 6.08 Å². The van der Waals surface area contributed by atoms with Gasteiger partial charge in [-0.25, -0.2) is 0 Å². The van der Waals surface area contributed by atoms with Crippen molar-refractivity contribution in [1.29, 1.82) is 0 Å². The lowest BCUT2D eigenvalue weighted by molar-refractivity contribution is 0.415. The fourth-order valence-electron chi connectivity index (χ4n) is 1.19. The summed E-state index contributed by atoms with van der Waals surface area (Å²) in [5.74, 6) is 1.63. The van der Waals surface area contributed by atoms with Crippen LogP contribution in [0.1, 0.15) is 25.8 Å². The number of benzene rings is 1. The molecule has 1 heteroatoms. The summed E-state index contributed by atoms with van der Waals surface area (Å²) in [5.41, 5.74) is 1.23. The fraction of sp³-hybridized carbons (Fsp3) is 0.385. The summed E-state index contributed by atoms with van der Waals surface area (Å²) in [7, 11) is 1.68. The van der Waals surface area contributed by atoms with E-state index in [4.69, 9.17) is 4.74 Å². The minimum absolute atomic E-state index is 0.726. The zero-order valence-corrected chi connectivity index (χ0v) is 9.16. The Bertz CT molecular complexity index is 283. The Morgan fingerprint density at radius 2 is 1.86 bits per heavy atom. The van der Waals surface area contributed by atoms with E-state index in [-0.39, 0.29) is 0 Å². The Hall–Kier alpha value is -1.24. The first-order valence-electron chi connectivity index (χ1n) is 5.03. The van der Waals surface area contributed by atoms with Gasteiger partial charge in [0, 0.05) is 0 Å². The van der Waals surface area contributed by atoms with Gasteiger partial charge in [-0.15, -0.1) is 0 Å². The van der Waals surface area contributed by atoms with Crippen molar-refractivity contribution in [2.24, 2.45) is 5.92 Å². The smallest absolute Gasteiger partial charge is 0.118 e. The van der Waals surface area contributed by atoms with Gasteiger partial charge in [-0.2, -0.15) is 0 Å². The second-order valence-electron chi connectivity index (χ2n) is 3.81. The van der Waals surface area contributed by atoms with Gasteiger partial charge in [0.1, 0.15) is 5.75 Å². The van der Waals surface area contributed by atoms with Gasteiger partial charge in [0.05, 0.1) is 7.11 Å². The molecule has 1 aromatic rings. The highest BCUT2D eigenvalue weighted by atomic mass is 16.5. The van der Waals surface area contributed by atoms with E-state index in [1.165, 1.54) is 5.56 Å². The Morgan fingerprint density at radius 3 is 2.36 bits per heavy atom. The van der Waals surface area contributed by atoms with Crippen molar-refractivity contribution >= 4 is 6.08 Å². The molecule has 0 spiro atoms. The van der Waals surface area contributed by atoms with Gasteiger partial charge in [-0.3, -0.25) is 0 Å². The lowest BCUT2D eigenvalue weighted by atomic mass is 10.1. The predicted octanol–water partition coefficient (Wildman–Crippen LogP) is 3.75. The van der Waals surface area contributed by atoms with Crippen molar-refractivity contribution in [2.45, 2.75) is 20.3 Å². The molecule has 0 aliphatic heterocycles. The molecule has 14 heavy (non-hydrogen) atoms. The number of rotatable bonds is 4. The Morgan fingerprint density at radius 1 is 1.21 bits per heavy atom. The molecule has 0 N–H and O–H groups in total. The first kappa shape index (κ1) is 10.8. The molecule has 0 atom stereocenters. The van der Waals surface area contributed by atoms with Gasteiger partial charge in [0.15, 0.2) is 0 Å². The van der Waals surface area contributed by atoms with Crippen molar-refractivity contribution in [3.05, 3.63) is 35.9 Å². The van der Waals surface area contributed by atoms with E-state index in [0.29, 0.717) is 0 Å². The molecule has 0 unspecified atom stereocenters. The van der Waals surface area contributed by atoms with Crippen LogP contribution in [0, 0.1) is 5.92 Å². The molecular formula is C13H18O. The van der Waals surface area contributed by atoms with E-state index in [2.05, 4.69) is 38.1 Å². The number of hydrogen-bond acceptors (Lipinski definition) is 1. The molecular weight excluding hydrogens is 172 g/mol. The molecule has 76 valence electrons. The van der Waals surface area contributed by atoms with Crippen LogP contribution in [0.3, 0.4) is 0 Å². The first-order chi connectivity index (χ1) is 6.72. The molecule has 1 nitrogen and oxygen atoms in total. The minimum Gasteiger partial charge on any atom is -0.497 e. The normalized spacial score (nSPS) is 11.1. The van der Waals surface area contributed by atoms with Gasteiger partial charge in [-0.1, -0.05) is 38.1 Å². The third kappa shape index (κ3) is 3.65. The third-order valence-corrected chi connectivity index (χ3v) is 2.03. The quantitative estimate of drug-likeness (QED) is 0.702. The van der Waals surface area contributed by atoms with Crippen LogP contribution in [0.2, 0.25) is 0 Å². The Balaban J connectivity index is 2.55. The van der Waals surface area contributed by atoms with Gasteiger partial charge in [0.2, 0.25) is 0 Å². The maximum atomic E-state index is 5.09. The molecule has 0 bridgehead atoms. The molecule has 1 aromatic carbocycles. The van der Waals surface area contributed by atoms with Gasteiger partial charge in [0.25, 0.3) is 0 Å². The highest BCUT2D eigenvalue weighted by Crippen LogP contribution is 2.13. The summed E-state index contributed by atoms with van der Waals surface area (Å²) in [6, 6.07) is 8.09. The van der Waals surface area contributed by atoms with Crippen molar-refractivity contribution in [3.63, 3.8) is 0 Å². The average molecular weight is 190 g/mol. The van der Waals surface area contributed by atoms with Gasteiger partial charge >= 0.3 is 0 Å². The molecule has 0 aromatic heterocycles. The number of methoxy groups -OCH3 is 1. The largest absolute Gasteiger partial charge is 0.497 e. The number of hydrogen-bond donors (Lipinski definition) is 0. The molecule has 0 aliphatic carbocycles. The topological polar surface area (TPSA) is 9.23 Å². The number of ether oxygens (including phenoxy) is 1. The molecule has 1 rings (SSSR count). The number of allylic oxidation sites excluding steroid dienone is 1. The zero-order chi connectivity index (χ0) is 10.4. The van der Waals surface area contributed by atoms with E-state index in [1.807, 2.05) is 12.1 Å². The van der Waals surface area contributed by atoms with Crippen LogP contribution in [0.15, 0.2) is 30.3 Å². The van der Waals surface area contributed by atoms with Crippen LogP contribution < -0.4 is 4.74 Å². The lowest BCUT2D eigenvalue weighted by Gasteiger charge is -2.00. The lowest BCUT2D eigenvalue weighted by Crippen LogP contribution is -1.82. The molecule has 0 radical (unpaired) electrons. The van der Waals surface area contributed by atoms with E-state index in [0.717, 1.165) is 18.1 Å². The summed E-state index contributed by atoms with van der Waals surface area (Å²) in [4.78, 5) is 0. The molecule has 0 fully saturated rings. The monoisotopic (exact) mass is 190 g/mol. The van der Waals surface area contributed by atoms with Crippen molar-refractivity contribution in [1.82, 2.24) is 0 Å². The van der Waals surface area contributed by atoms with Gasteiger partial charge < -0.3 is 4.74 Å². The summed E-state index contributed by atoms with van der Waals surface area (Å²) >= 11 is 0. The SMILES string of the molecule is COc1ccc(C=CCC(C)C)cc1. The molecule has 0 aliphatic rings. The fourth-order valence-corrected chi connectivity index (χ4v) is 1.19. The summed E-state index contributed by atoms with van der Waals surface area (Å²) in [6.07, 6.45) is 5.50. The highest BCUT2D eigenvalue weighted by molar-refractivity contribution is 5.50. The van der Waals surface area contributed by atoms with Crippen LogP contribution in [-0.4, -0.2) is 7.11 Å². The van der Waals surface area contributed by atoms with Crippen LogP contribution in [0.4, 0.5) is 0 Å². The minimum atomic E-state index is 0.726. The average Bonchev–Trinajstić information content (AvgIpc) is 2.18. The van der Waals surface area contributed by atoms with Crippen LogP contribution >= 0.6 is 0 Å². The summed E-state index contributed by atoms with van der Waals surface area (Å²) in [5, 5.41) is 0. The molecule has 0 amide bonds. The standard InChI is InChI=1S/C13H18O/c1-11(2)5-4-6-12-7-9-13(14-3)10-8-12/h4,6-11H,5H2,1-3H3. The molecule has 0 saturated carbocycles. The van der Waals surface area contributed by atoms with Crippen LogP contribution in [0.5, 0.6) is 5.75 Å². The third-order valence-electron chi connectivity index (χ3n) is 2.03. The van der Waals surface area contributed by atoms with Gasteiger partial charge in [-0.05, 0) is 30.0 Å². The van der Waals surface area contributed by atoms with E-state index in [9.17, 15) is 0 Å². The van der Waals surface area contributed by atoms with Crippen LogP contribution in [-0.2, 0) is 0 Å². The molecule has 0 saturated heterocycles. The maximum absolute atomic E-state index is 5.09. The highest BCUT2D eigenvalue weighted by Gasteiger charge is 1.91. The first-order valence-corrected chi connectivity index (χ1v) is 5.03. The summed E-state index contributed by atoms with van der Waals surface area (Å²) in [6.45, 7) is 4.44. The zero-order valence-electron chi connectivity index (χ0n) is 9.16. The Kier molecular flexibility index (Phi) is 4.24. The van der Waals surface area contributed by atoms with Crippen molar-refractivity contribution in [3.8, 4) is 5.75 Å². The van der Waals surface area contributed by atoms with E-state index in [1.54, 1.807) is 7.11 Å². The predicted molar refractivity (Wildman–Crippen MR) is 61.5 cm³/mol. The maximum Gasteiger partial charge on any atom is 0.118 e. The van der Waals surface area contributed by atoms with Crippen molar-refractivity contribution in [2.75, 3.05) is 7.11 Å². The molecule has 0 heterocycles. The second kappa shape index (κ2) is 5.48. The van der Waals surface area contributed by atoms with E-state index >= 15 is 0 Å².